The minimum atomic E-state index is -0.783. The third kappa shape index (κ3) is 54.3. The number of ether oxygens (including phenoxy) is 3. The van der Waals surface area contributed by atoms with E-state index < -0.39 is 6.10 Å². The Morgan fingerprint density at radius 1 is 0.309 bits per heavy atom. The first-order chi connectivity index (χ1) is 33.5. The van der Waals surface area contributed by atoms with E-state index in [1.54, 1.807) is 0 Å². The van der Waals surface area contributed by atoms with Crippen LogP contribution in [0.4, 0.5) is 0 Å². The molecule has 0 aliphatic rings. The average Bonchev–Trinajstić information content (AvgIpc) is 3.34. The van der Waals surface area contributed by atoms with E-state index in [1.165, 1.54) is 186 Å². The molecule has 0 aromatic rings. The maximum Gasteiger partial charge on any atom is 0.306 e. The van der Waals surface area contributed by atoms with Gasteiger partial charge in [0.15, 0.2) is 6.10 Å². The third-order valence-electron chi connectivity index (χ3n) is 13.1. The second-order valence-corrected chi connectivity index (χ2v) is 19.9. The summed E-state index contributed by atoms with van der Waals surface area (Å²) in [6.07, 6.45) is 69.7. The summed E-state index contributed by atoms with van der Waals surface area (Å²) in [5.74, 6) is -0.897. The highest BCUT2D eigenvalue weighted by atomic mass is 16.6. The molecule has 0 aliphatic carbocycles. The molecule has 1 unspecified atom stereocenters. The number of carbonyl (C=O) groups excluding carboxylic acids is 3. The lowest BCUT2D eigenvalue weighted by Gasteiger charge is -2.18. The minimum Gasteiger partial charge on any atom is -0.462 e. The highest BCUT2D eigenvalue weighted by Crippen LogP contribution is 2.17. The van der Waals surface area contributed by atoms with Gasteiger partial charge in [-0.15, -0.1) is 0 Å². The summed E-state index contributed by atoms with van der Waals surface area (Å²) in [4.78, 5) is 38.1. The van der Waals surface area contributed by atoms with Gasteiger partial charge in [0.05, 0.1) is 0 Å². The Kier molecular flexibility index (Phi) is 54.8. The average molecular weight is 954 g/mol. The molecule has 0 saturated heterocycles. The molecule has 6 heteroatoms. The van der Waals surface area contributed by atoms with Crippen LogP contribution >= 0.6 is 0 Å². The Labute approximate surface area is 422 Å². The molecule has 0 aromatic carbocycles. The number of hydrogen-bond donors (Lipinski definition) is 0. The van der Waals surface area contributed by atoms with Crippen LogP contribution in [-0.2, 0) is 28.6 Å². The van der Waals surface area contributed by atoms with Crippen molar-refractivity contribution in [3.05, 3.63) is 48.6 Å². The zero-order chi connectivity index (χ0) is 49.3. The van der Waals surface area contributed by atoms with Crippen LogP contribution in [0.25, 0.3) is 0 Å². The molecule has 0 N–H and O–H groups in total. The van der Waals surface area contributed by atoms with E-state index >= 15 is 0 Å². The molecule has 0 radical (unpaired) electrons. The Hall–Kier alpha value is -2.63. The molecule has 0 heterocycles. The van der Waals surface area contributed by atoms with Crippen molar-refractivity contribution in [2.75, 3.05) is 13.2 Å². The molecular weight excluding hydrogens is 841 g/mol. The minimum absolute atomic E-state index is 0.0805. The van der Waals surface area contributed by atoms with Gasteiger partial charge in [0.25, 0.3) is 0 Å². The normalized spacial score (nSPS) is 12.3. The zero-order valence-electron chi connectivity index (χ0n) is 45.4. The van der Waals surface area contributed by atoms with Crippen LogP contribution in [0.2, 0.25) is 0 Å². The van der Waals surface area contributed by atoms with Crippen LogP contribution in [0.1, 0.15) is 310 Å². The van der Waals surface area contributed by atoms with Gasteiger partial charge in [-0.25, -0.2) is 0 Å². The van der Waals surface area contributed by atoms with E-state index in [4.69, 9.17) is 14.2 Å². The third-order valence-corrected chi connectivity index (χ3v) is 13.1. The highest BCUT2D eigenvalue weighted by molar-refractivity contribution is 5.71. The predicted molar refractivity (Wildman–Crippen MR) is 293 cm³/mol. The monoisotopic (exact) mass is 953 g/mol. The largest absolute Gasteiger partial charge is 0.462 e. The Morgan fingerprint density at radius 3 is 0.926 bits per heavy atom. The summed E-state index contributed by atoms with van der Waals surface area (Å²) >= 11 is 0. The number of hydrogen-bond acceptors (Lipinski definition) is 6. The van der Waals surface area contributed by atoms with E-state index in [0.717, 1.165) is 83.5 Å². The highest BCUT2D eigenvalue weighted by Gasteiger charge is 2.19. The van der Waals surface area contributed by atoms with Crippen molar-refractivity contribution >= 4 is 17.9 Å². The van der Waals surface area contributed by atoms with Crippen LogP contribution in [0.5, 0.6) is 0 Å². The fraction of sp³-hybridized carbons (Fsp3) is 0.823. The summed E-state index contributed by atoms with van der Waals surface area (Å²) in [5.41, 5.74) is 0. The maximum atomic E-state index is 12.9. The van der Waals surface area contributed by atoms with E-state index in [-0.39, 0.29) is 31.1 Å². The number of carbonyl (C=O) groups is 3. The Balaban J connectivity index is 4.32. The summed E-state index contributed by atoms with van der Waals surface area (Å²) < 4.78 is 16.9. The molecule has 0 saturated carbocycles. The predicted octanol–water partition coefficient (Wildman–Crippen LogP) is 19.8. The number of esters is 3. The molecule has 0 fully saturated rings. The van der Waals surface area contributed by atoms with Crippen molar-refractivity contribution in [2.45, 2.75) is 316 Å². The van der Waals surface area contributed by atoms with Gasteiger partial charge in [-0.2, -0.15) is 0 Å². The van der Waals surface area contributed by atoms with Gasteiger partial charge in [-0.05, 0) is 77.0 Å². The Bertz CT molecular complexity index is 1190. The molecule has 68 heavy (non-hydrogen) atoms. The number of rotatable bonds is 54. The van der Waals surface area contributed by atoms with E-state index in [2.05, 4.69) is 69.4 Å². The van der Waals surface area contributed by atoms with E-state index in [0.29, 0.717) is 19.3 Å². The van der Waals surface area contributed by atoms with E-state index in [9.17, 15) is 14.4 Å². The van der Waals surface area contributed by atoms with Crippen LogP contribution in [-0.4, -0.2) is 37.2 Å². The second kappa shape index (κ2) is 57.0. The number of allylic oxidation sites excluding steroid dienone is 8. The SMILES string of the molecule is CC/C=C\C/C=C\C/C=C\CCCCCC(=O)OCC(COC(=O)CCCCCCCCCCC/C=C\CCCCCCCCCC)OC(=O)CCCCCCCCCCCCCCCCCC. The zero-order valence-corrected chi connectivity index (χ0v) is 45.4. The van der Waals surface area contributed by atoms with Gasteiger partial charge >= 0.3 is 17.9 Å². The lowest BCUT2D eigenvalue weighted by Crippen LogP contribution is -2.30. The molecule has 0 amide bonds. The fourth-order valence-electron chi connectivity index (χ4n) is 8.63. The van der Waals surface area contributed by atoms with Crippen LogP contribution in [0.3, 0.4) is 0 Å². The first-order valence-electron chi connectivity index (χ1n) is 29.6. The van der Waals surface area contributed by atoms with Crippen molar-refractivity contribution in [2.24, 2.45) is 0 Å². The summed E-state index contributed by atoms with van der Waals surface area (Å²) in [7, 11) is 0. The van der Waals surface area contributed by atoms with Crippen molar-refractivity contribution in [3.8, 4) is 0 Å². The van der Waals surface area contributed by atoms with Gasteiger partial charge in [0.2, 0.25) is 0 Å². The molecule has 0 spiro atoms. The first-order valence-corrected chi connectivity index (χ1v) is 29.6. The van der Waals surface area contributed by atoms with Crippen molar-refractivity contribution < 1.29 is 28.6 Å². The second-order valence-electron chi connectivity index (χ2n) is 19.9. The maximum absolute atomic E-state index is 12.9. The molecular formula is C62H112O6. The number of unbranched alkanes of at least 4 members (excludes halogenated alkanes) is 35. The first kappa shape index (κ1) is 65.4. The Morgan fingerprint density at radius 2 is 0.574 bits per heavy atom. The van der Waals surface area contributed by atoms with Crippen molar-refractivity contribution in [1.82, 2.24) is 0 Å². The smallest absolute Gasteiger partial charge is 0.306 e. The molecule has 6 nitrogen and oxygen atoms in total. The summed E-state index contributed by atoms with van der Waals surface area (Å²) in [6, 6.07) is 0. The van der Waals surface area contributed by atoms with E-state index in [1.807, 2.05) is 0 Å². The molecule has 0 bridgehead atoms. The fourth-order valence-corrected chi connectivity index (χ4v) is 8.63. The standard InChI is InChI=1S/C62H112O6/c1-4-7-10-13-16-19-22-25-27-29-30-31-32-33-35-37-40-43-46-49-52-55-61(64)67-58-59(57-66-60(63)54-51-48-45-42-39-36-24-21-18-15-12-9-6-3)68-62(65)56-53-50-47-44-41-38-34-28-26-23-20-17-14-11-8-5-2/h9,12,18,21,29-30,36,39,59H,4-8,10-11,13-17,19-20,22-28,31-35,37-38,40-58H2,1-3H3/b12-9-,21-18-,30-29-,39-36-. The molecule has 0 rings (SSSR count). The van der Waals surface area contributed by atoms with Crippen molar-refractivity contribution in [1.29, 1.82) is 0 Å². The molecule has 0 aromatic heterocycles. The van der Waals surface area contributed by atoms with Gasteiger partial charge in [-0.3, -0.25) is 14.4 Å². The van der Waals surface area contributed by atoms with Gasteiger partial charge in [0, 0.05) is 19.3 Å². The van der Waals surface area contributed by atoms with Crippen LogP contribution in [0.15, 0.2) is 48.6 Å². The molecule has 0 aliphatic heterocycles. The topological polar surface area (TPSA) is 78.9 Å². The summed E-state index contributed by atoms with van der Waals surface area (Å²) in [6.45, 7) is 6.54. The lowest BCUT2D eigenvalue weighted by molar-refractivity contribution is -0.167. The van der Waals surface area contributed by atoms with Crippen LogP contribution < -0.4 is 0 Å². The van der Waals surface area contributed by atoms with Crippen molar-refractivity contribution in [3.63, 3.8) is 0 Å². The van der Waals surface area contributed by atoms with Gasteiger partial charge in [0.1, 0.15) is 13.2 Å². The van der Waals surface area contributed by atoms with Gasteiger partial charge in [-0.1, -0.05) is 262 Å². The summed E-state index contributed by atoms with van der Waals surface area (Å²) in [5, 5.41) is 0. The lowest BCUT2D eigenvalue weighted by atomic mass is 10.0. The quantitative estimate of drug-likeness (QED) is 0.0262. The molecule has 396 valence electrons. The van der Waals surface area contributed by atoms with Crippen LogP contribution in [0, 0.1) is 0 Å². The molecule has 1 atom stereocenters. The van der Waals surface area contributed by atoms with Gasteiger partial charge < -0.3 is 14.2 Å².